The maximum Gasteiger partial charge on any atom is 0.0713 e. The van der Waals surface area contributed by atoms with Gasteiger partial charge in [-0.3, -0.25) is 4.98 Å². The number of fused-ring (bicyclic) bond motifs is 1. The van der Waals surface area contributed by atoms with Crippen molar-refractivity contribution in [3.05, 3.63) is 60.4 Å². The van der Waals surface area contributed by atoms with E-state index >= 15 is 0 Å². The second kappa shape index (κ2) is 6.04. The fourth-order valence-electron chi connectivity index (χ4n) is 2.87. The summed E-state index contributed by atoms with van der Waals surface area (Å²) < 4.78 is 0. The smallest absolute Gasteiger partial charge is 0.0713 e. The van der Waals surface area contributed by atoms with E-state index in [1.54, 1.807) is 0 Å². The molecule has 21 heavy (non-hydrogen) atoms. The van der Waals surface area contributed by atoms with Crippen molar-refractivity contribution in [3.63, 3.8) is 0 Å². The zero-order valence-electron chi connectivity index (χ0n) is 12.6. The molecule has 0 amide bonds. The van der Waals surface area contributed by atoms with Gasteiger partial charge in [-0.25, -0.2) is 4.98 Å². The van der Waals surface area contributed by atoms with Crippen LogP contribution in [0.15, 0.2) is 54.9 Å². The summed E-state index contributed by atoms with van der Waals surface area (Å²) in [4.78, 5) is 8.91. The van der Waals surface area contributed by atoms with E-state index in [2.05, 4.69) is 49.2 Å². The van der Waals surface area contributed by atoms with Crippen LogP contribution in [0.25, 0.3) is 22.2 Å². The van der Waals surface area contributed by atoms with Gasteiger partial charge in [0.2, 0.25) is 0 Å². The number of hydrogen-bond donors (Lipinski definition) is 0. The molecule has 3 rings (SSSR count). The highest BCUT2D eigenvalue weighted by Crippen LogP contribution is 2.31. The van der Waals surface area contributed by atoms with Crippen LogP contribution >= 0.6 is 0 Å². The number of benzene rings is 1. The highest BCUT2D eigenvalue weighted by atomic mass is 14.7. The van der Waals surface area contributed by atoms with Gasteiger partial charge in [0, 0.05) is 23.3 Å². The minimum atomic E-state index is 0.545. The first kappa shape index (κ1) is 13.7. The first-order chi connectivity index (χ1) is 10.3. The summed E-state index contributed by atoms with van der Waals surface area (Å²) in [5, 5.41) is 1.27. The molecule has 0 fully saturated rings. The summed E-state index contributed by atoms with van der Waals surface area (Å²) >= 11 is 0. The Kier molecular flexibility index (Phi) is 3.96. The molecule has 106 valence electrons. The fourth-order valence-corrected chi connectivity index (χ4v) is 2.87. The van der Waals surface area contributed by atoms with Crippen LogP contribution in [0.1, 0.15) is 38.2 Å². The topological polar surface area (TPSA) is 25.8 Å². The number of hydrogen-bond acceptors (Lipinski definition) is 2. The maximum absolute atomic E-state index is 4.82. The predicted molar refractivity (Wildman–Crippen MR) is 88.3 cm³/mol. The van der Waals surface area contributed by atoms with E-state index in [1.165, 1.54) is 23.8 Å². The largest absolute Gasteiger partial charge is 0.265 e. The van der Waals surface area contributed by atoms with Crippen LogP contribution in [0.3, 0.4) is 0 Å². The minimum Gasteiger partial charge on any atom is -0.265 e. The Morgan fingerprint density at radius 3 is 2.57 bits per heavy atom. The average molecular weight is 276 g/mol. The van der Waals surface area contributed by atoms with Crippen LogP contribution in [0.4, 0.5) is 0 Å². The molecule has 0 spiro atoms. The first-order valence-electron chi connectivity index (χ1n) is 7.59. The quantitative estimate of drug-likeness (QED) is 0.654. The Bertz CT molecular complexity index is 735. The highest BCUT2D eigenvalue weighted by Gasteiger charge is 2.12. The van der Waals surface area contributed by atoms with Crippen molar-refractivity contribution in [2.45, 2.75) is 32.6 Å². The van der Waals surface area contributed by atoms with Crippen molar-refractivity contribution in [1.29, 1.82) is 0 Å². The summed E-state index contributed by atoms with van der Waals surface area (Å²) in [6.07, 6.45) is 6.04. The Morgan fingerprint density at radius 1 is 1.05 bits per heavy atom. The average Bonchev–Trinajstić information content (AvgIpc) is 2.55. The van der Waals surface area contributed by atoms with Gasteiger partial charge in [0.25, 0.3) is 0 Å². The molecule has 0 saturated carbocycles. The number of rotatable bonds is 4. The summed E-state index contributed by atoms with van der Waals surface area (Å²) in [6, 6.07) is 14.7. The van der Waals surface area contributed by atoms with E-state index in [0.29, 0.717) is 5.92 Å². The Morgan fingerprint density at radius 2 is 1.81 bits per heavy atom. The predicted octanol–water partition coefficient (Wildman–Crippen LogP) is 5.20. The van der Waals surface area contributed by atoms with E-state index in [1.807, 2.05) is 24.5 Å². The van der Waals surface area contributed by atoms with Crippen molar-refractivity contribution >= 4 is 10.9 Å². The molecular formula is C19H20N2. The molecule has 2 heterocycles. The van der Waals surface area contributed by atoms with Gasteiger partial charge in [0.05, 0.1) is 11.2 Å². The monoisotopic (exact) mass is 276 g/mol. The SMILES string of the molecule is CCCC(C)c1cc(-c2ccncc2)nc2ccccc12. The molecule has 2 nitrogen and oxygen atoms in total. The highest BCUT2D eigenvalue weighted by molar-refractivity contribution is 5.85. The molecule has 0 bridgehead atoms. The lowest BCUT2D eigenvalue weighted by Crippen LogP contribution is -1.97. The van der Waals surface area contributed by atoms with Crippen molar-refractivity contribution in [1.82, 2.24) is 9.97 Å². The molecule has 0 aliphatic carbocycles. The van der Waals surface area contributed by atoms with Gasteiger partial charge >= 0.3 is 0 Å². The van der Waals surface area contributed by atoms with Crippen molar-refractivity contribution in [2.24, 2.45) is 0 Å². The van der Waals surface area contributed by atoms with E-state index in [0.717, 1.165) is 16.8 Å². The lowest BCUT2D eigenvalue weighted by Gasteiger charge is -2.15. The summed E-state index contributed by atoms with van der Waals surface area (Å²) in [5.74, 6) is 0.545. The molecule has 0 saturated heterocycles. The third-order valence-corrected chi connectivity index (χ3v) is 3.98. The molecule has 2 heteroatoms. The van der Waals surface area contributed by atoms with Crippen molar-refractivity contribution < 1.29 is 0 Å². The van der Waals surface area contributed by atoms with E-state index in [-0.39, 0.29) is 0 Å². The summed E-state index contributed by atoms with van der Waals surface area (Å²) in [5.41, 5.74) is 4.63. The lowest BCUT2D eigenvalue weighted by atomic mass is 9.92. The molecule has 0 aliphatic rings. The van der Waals surface area contributed by atoms with Crippen LogP contribution < -0.4 is 0 Å². The Balaban J connectivity index is 2.19. The molecular weight excluding hydrogens is 256 g/mol. The third kappa shape index (κ3) is 2.80. The molecule has 1 aromatic carbocycles. The second-order valence-electron chi connectivity index (χ2n) is 5.54. The number of pyridine rings is 2. The minimum absolute atomic E-state index is 0.545. The van der Waals surface area contributed by atoms with E-state index in [4.69, 9.17) is 4.98 Å². The zero-order valence-corrected chi connectivity index (χ0v) is 12.6. The summed E-state index contributed by atoms with van der Waals surface area (Å²) in [6.45, 7) is 4.55. The van der Waals surface area contributed by atoms with Gasteiger partial charge in [-0.05, 0) is 42.2 Å². The van der Waals surface area contributed by atoms with Crippen LogP contribution in [-0.4, -0.2) is 9.97 Å². The lowest BCUT2D eigenvalue weighted by molar-refractivity contribution is 0.669. The van der Waals surface area contributed by atoms with Gasteiger partial charge in [-0.2, -0.15) is 0 Å². The number of para-hydroxylation sites is 1. The van der Waals surface area contributed by atoms with Gasteiger partial charge in [-0.15, -0.1) is 0 Å². The van der Waals surface area contributed by atoms with Crippen LogP contribution in [0, 0.1) is 0 Å². The molecule has 3 aromatic rings. The van der Waals surface area contributed by atoms with Gasteiger partial charge in [0.1, 0.15) is 0 Å². The number of nitrogens with zero attached hydrogens (tertiary/aromatic N) is 2. The standard InChI is InChI=1S/C19H20N2/c1-3-6-14(2)17-13-19(15-9-11-20-12-10-15)21-18-8-5-4-7-16(17)18/h4-5,7-14H,3,6H2,1-2H3. The number of aromatic nitrogens is 2. The first-order valence-corrected chi connectivity index (χ1v) is 7.59. The zero-order chi connectivity index (χ0) is 14.7. The third-order valence-electron chi connectivity index (χ3n) is 3.98. The molecule has 0 radical (unpaired) electrons. The molecule has 2 aromatic heterocycles. The van der Waals surface area contributed by atoms with Crippen molar-refractivity contribution in [2.75, 3.05) is 0 Å². The van der Waals surface area contributed by atoms with Crippen molar-refractivity contribution in [3.8, 4) is 11.3 Å². The van der Waals surface area contributed by atoms with Gasteiger partial charge in [0.15, 0.2) is 0 Å². The second-order valence-corrected chi connectivity index (χ2v) is 5.54. The molecule has 1 atom stereocenters. The molecule has 0 aliphatic heterocycles. The Labute approximate surface area is 125 Å². The van der Waals surface area contributed by atoms with Crippen LogP contribution in [-0.2, 0) is 0 Å². The molecule has 0 N–H and O–H groups in total. The van der Waals surface area contributed by atoms with E-state index in [9.17, 15) is 0 Å². The van der Waals surface area contributed by atoms with Crippen LogP contribution in [0.5, 0.6) is 0 Å². The summed E-state index contributed by atoms with van der Waals surface area (Å²) in [7, 11) is 0. The maximum atomic E-state index is 4.82. The normalized spacial score (nSPS) is 12.5. The van der Waals surface area contributed by atoms with Gasteiger partial charge in [-0.1, -0.05) is 38.5 Å². The molecule has 1 unspecified atom stereocenters. The van der Waals surface area contributed by atoms with E-state index < -0.39 is 0 Å². The Hall–Kier alpha value is -2.22. The van der Waals surface area contributed by atoms with Crippen LogP contribution in [0.2, 0.25) is 0 Å². The van der Waals surface area contributed by atoms with Gasteiger partial charge < -0.3 is 0 Å². The fraction of sp³-hybridized carbons (Fsp3) is 0.263.